The molecule has 0 saturated carbocycles. The highest BCUT2D eigenvalue weighted by atomic mass is 16.1. The fraction of sp³-hybridized carbons (Fsp3) is 0.625. The van der Waals surface area contributed by atoms with Crippen molar-refractivity contribution in [2.75, 3.05) is 0 Å². The van der Waals surface area contributed by atoms with E-state index < -0.39 is 0 Å². The van der Waals surface area contributed by atoms with E-state index in [9.17, 15) is 4.79 Å². The first kappa shape index (κ1) is 14.9. The Morgan fingerprint density at radius 3 is 2.61 bits per heavy atom. The summed E-state index contributed by atoms with van der Waals surface area (Å²) >= 11 is 0. The quantitative estimate of drug-likeness (QED) is 0.633. The van der Waals surface area contributed by atoms with Crippen molar-refractivity contribution in [2.24, 2.45) is 11.8 Å². The van der Waals surface area contributed by atoms with E-state index in [4.69, 9.17) is 0 Å². The van der Waals surface area contributed by atoms with Crippen LogP contribution < -0.4 is 0 Å². The second-order valence-corrected chi connectivity index (χ2v) is 5.63. The van der Waals surface area contributed by atoms with Gasteiger partial charge in [0, 0.05) is 24.4 Å². The van der Waals surface area contributed by atoms with Crippen LogP contribution in [0.2, 0.25) is 0 Å². The molecule has 100 valence electrons. The summed E-state index contributed by atoms with van der Waals surface area (Å²) in [6, 6.07) is 3.66. The highest BCUT2D eigenvalue weighted by Gasteiger charge is 2.09. The molecule has 0 saturated heterocycles. The summed E-state index contributed by atoms with van der Waals surface area (Å²) in [5, 5.41) is 0. The number of hydrogen-bond donors (Lipinski definition) is 0. The number of aromatic nitrogens is 1. The van der Waals surface area contributed by atoms with Crippen LogP contribution in [0.25, 0.3) is 0 Å². The van der Waals surface area contributed by atoms with Crippen molar-refractivity contribution in [1.29, 1.82) is 0 Å². The standard InChI is InChI=1S/C16H25NO/c1-13(2)6-4-7-14(3)9-10-16(18)15-8-5-11-17-12-15/h5,8,11-14H,4,6-7,9-10H2,1-3H3. The van der Waals surface area contributed by atoms with Crippen molar-refractivity contribution in [1.82, 2.24) is 4.98 Å². The van der Waals surface area contributed by atoms with Gasteiger partial charge in [0.25, 0.3) is 0 Å². The Morgan fingerprint density at radius 2 is 2.00 bits per heavy atom. The highest BCUT2D eigenvalue weighted by Crippen LogP contribution is 2.17. The Labute approximate surface area is 111 Å². The van der Waals surface area contributed by atoms with Gasteiger partial charge in [-0.25, -0.2) is 0 Å². The summed E-state index contributed by atoms with van der Waals surface area (Å²) in [5.41, 5.74) is 0.742. The molecule has 1 atom stereocenters. The van der Waals surface area contributed by atoms with Crippen LogP contribution in [0.1, 0.15) is 63.2 Å². The van der Waals surface area contributed by atoms with Crippen LogP contribution in [-0.4, -0.2) is 10.8 Å². The third kappa shape index (κ3) is 5.95. The van der Waals surface area contributed by atoms with E-state index in [1.54, 1.807) is 12.4 Å². The van der Waals surface area contributed by atoms with Gasteiger partial charge in [-0.1, -0.05) is 40.0 Å². The molecule has 0 N–H and O–H groups in total. The molecule has 0 bridgehead atoms. The van der Waals surface area contributed by atoms with Gasteiger partial charge in [0.2, 0.25) is 0 Å². The summed E-state index contributed by atoms with van der Waals surface area (Å²) in [7, 11) is 0. The third-order valence-corrected chi connectivity index (χ3v) is 3.33. The Morgan fingerprint density at radius 1 is 1.22 bits per heavy atom. The van der Waals surface area contributed by atoms with Crippen molar-refractivity contribution in [2.45, 2.75) is 52.9 Å². The van der Waals surface area contributed by atoms with E-state index in [2.05, 4.69) is 25.8 Å². The van der Waals surface area contributed by atoms with Gasteiger partial charge >= 0.3 is 0 Å². The first-order valence-electron chi connectivity index (χ1n) is 7.02. The molecule has 0 aliphatic heterocycles. The number of ketones is 1. The molecule has 0 amide bonds. The molecule has 0 radical (unpaired) electrons. The number of pyridine rings is 1. The predicted octanol–water partition coefficient (Wildman–Crippen LogP) is 4.51. The fourth-order valence-corrected chi connectivity index (χ4v) is 2.07. The van der Waals surface area contributed by atoms with Crippen molar-refractivity contribution in [3.63, 3.8) is 0 Å². The van der Waals surface area contributed by atoms with Crippen LogP contribution >= 0.6 is 0 Å². The average molecular weight is 247 g/mol. The number of nitrogens with zero attached hydrogens (tertiary/aromatic N) is 1. The van der Waals surface area contributed by atoms with Crippen molar-refractivity contribution >= 4 is 5.78 Å². The summed E-state index contributed by atoms with van der Waals surface area (Å²) in [5.74, 6) is 1.65. The van der Waals surface area contributed by atoms with Gasteiger partial charge in [-0.15, -0.1) is 0 Å². The van der Waals surface area contributed by atoms with Crippen LogP contribution in [0.4, 0.5) is 0 Å². The number of Topliss-reactive ketones (excluding diaryl/α,β-unsaturated/α-hetero) is 1. The van der Waals surface area contributed by atoms with Crippen molar-refractivity contribution in [3.8, 4) is 0 Å². The van der Waals surface area contributed by atoms with Crippen LogP contribution in [0.15, 0.2) is 24.5 Å². The Bertz CT molecular complexity index is 345. The summed E-state index contributed by atoms with van der Waals surface area (Å²) in [6.07, 6.45) is 8.80. The van der Waals surface area contributed by atoms with E-state index in [0.717, 1.165) is 17.9 Å². The molecule has 0 aliphatic carbocycles. The van der Waals surface area contributed by atoms with Crippen molar-refractivity contribution in [3.05, 3.63) is 30.1 Å². The van der Waals surface area contributed by atoms with Gasteiger partial charge < -0.3 is 0 Å². The summed E-state index contributed by atoms with van der Waals surface area (Å²) in [4.78, 5) is 15.9. The van der Waals surface area contributed by atoms with E-state index in [0.29, 0.717) is 12.3 Å². The maximum Gasteiger partial charge on any atom is 0.164 e. The zero-order chi connectivity index (χ0) is 13.4. The summed E-state index contributed by atoms with van der Waals surface area (Å²) < 4.78 is 0. The average Bonchev–Trinajstić information content (AvgIpc) is 2.36. The second kappa shape index (κ2) is 8.02. The molecule has 0 aromatic carbocycles. The van der Waals surface area contributed by atoms with E-state index in [1.807, 2.05) is 12.1 Å². The Hall–Kier alpha value is -1.18. The summed E-state index contributed by atoms with van der Waals surface area (Å²) in [6.45, 7) is 6.77. The third-order valence-electron chi connectivity index (χ3n) is 3.33. The number of carbonyl (C=O) groups excluding carboxylic acids is 1. The molecular formula is C16H25NO. The largest absolute Gasteiger partial charge is 0.294 e. The minimum absolute atomic E-state index is 0.221. The van der Waals surface area contributed by atoms with E-state index >= 15 is 0 Å². The predicted molar refractivity (Wildman–Crippen MR) is 75.7 cm³/mol. The van der Waals surface area contributed by atoms with Gasteiger partial charge in [0.05, 0.1) is 0 Å². The lowest BCUT2D eigenvalue weighted by atomic mass is 9.94. The van der Waals surface area contributed by atoms with Gasteiger partial charge in [0.15, 0.2) is 5.78 Å². The number of carbonyl (C=O) groups is 1. The highest BCUT2D eigenvalue weighted by molar-refractivity contribution is 5.95. The first-order chi connectivity index (χ1) is 8.59. The van der Waals surface area contributed by atoms with Crippen molar-refractivity contribution < 1.29 is 4.79 Å². The maximum atomic E-state index is 11.9. The molecule has 1 aromatic rings. The molecule has 1 rings (SSSR count). The van der Waals surface area contributed by atoms with Crippen LogP contribution in [0.5, 0.6) is 0 Å². The monoisotopic (exact) mass is 247 g/mol. The van der Waals surface area contributed by atoms with Gasteiger partial charge in [-0.2, -0.15) is 0 Å². The molecule has 2 nitrogen and oxygen atoms in total. The van der Waals surface area contributed by atoms with E-state index in [-0.39, 0.29) is 5.78 Å². The minimum atomic E-state index is 0.221. The molecule has 2 heteroatoms. The second-order valence-electron chi connectivity index (χ2n) is 5.63. The number of hydrogen-bond acceptors (Lipinski definition) is 2. The smallest absolute Gasteiger partial charge is 0.164 e. The lowest BCUT2D eigenvalue weighted by Gasteiger charge is -2.11. The van der Waals surface area contributed by atoms with Gasteiger partial charge in [-0.3, -0.25) is 9.78 Å². The minimum Gasteiger partial charge on any atom is -0.294 e. The molecule has 0 aliphatic rings. The number of rotatable bonds is 8. The molecule has 1 aromatic heterocycles. The van der Waals surface area contributed by atoms with Crippen LogP contribution in [0.3, 0.4) is 0 Å². The molecule has 18 heavy (non-hydrogen) atoms. The van der Waals surface area contributed by atoms with E-state index in [1.165, 1.54) is 19.3 Å². The Balaban J connectivity index is 2.22. The zero-order valence-electron chi connectivity index (χ0n) is 11.9. The molecule has 1 unspecified atom stereocenters. The van der Waals surface area contributed by atoms with Crippen LogP contribution in [0, 0.1) is 11.8 Å². The normalized spacial score (nSPS) is 12.7. The molecular weight excluding hydrogens is 222 g/mol. The SMILES string of the molecule is CC(C)CCCC(C)CCC(=O)c1cccnc1. The maximum absolute atomic E-state index is 11.9. The fourth-order valence-electron chi connectivity index (χ4n) is 2.07. The lowest BCUT2D eigenvalue weighted by Crippen LogP contribution is -2.04. The Kier molecular flexibility index (Phi) is 6.63. The van der Waals surface area contributed by atoms with Gasteiger partial charge in [-0.05, 0) is 30.4 Å². The molecule has 0 fully saturated rings. The molecule has 1 heterocycles. The lowest BCUT2D eigenvalue weighted by molar-refractivity contribution is 0.0973. The van der Waals surface area contributed by atoms with Gasteiger partial charge in [0.1, 0.15) is 0 Å². The topological polar surface area (TPSA) is 30.0 Å². The first-order valence-corrected chi connectivity index (χ1v) is 7.02. The van der Waals surface area contributed by atoms with Crippen LogP contribution in [-0.2, 0) is 0 Å². The zero-order valence-corrected chi connectivity index (χ0v) is 11.9. The molecule has 0 spiro atoms.